The summed E-state index contributed by atoms with van der Waals surface area (Å²) in [5, 5.41) is 11.8. The Bertz CT molecular complexity index is 659. The summed E-state index contributed by atoms with van der Waals surface area (Å²) in [5.74, 6) is 0.0303. The lowest BCUT2D eigenvalue weighted by molar-refractivity contribution is 0.102. The van der Waals surface area contributed by atoms with E-state index in [0.717, 1.165) is 17.8 Å². The number of nitrogens with zero attached hydrogens (tertiary/aromatic N) is 1. The molecular weight excluding hydrogens is 256 g/mol. The SMILES string of the molecule is CCNc1ccc(C)cc1C(=O)Nc1ccc(=O)[nH]n1. The smallest absolute Gasteiger partial charge is 0.264 e. The number of nitrogens with one attached hydrogen (secondary N) is 3. The topological polar surface area (TPSA) is 86.9 Å². The van der Waals surface area contributed by atoms with Crippen LogP contribution in [0.15, 0.2) is 35.1 Å². The number of aryl methyl sites for hydroxylation is 1. The highest BCUT2D eigenvalue weighted by molar-refractivity contribution is 6.07. The molecule has 0 atom stereocenters. The van der Waals surface area contributed by atoms with Crippen molar-refractivity contribution in [2.24, 2.45) is 0 Å². The molecule has 1 aromatic heterocycles. The zero-order valence-electron chi connectivity index (χ0n) is 11.4. The molecular formula is C14H16N4O2. The third kappa shape index (κ3) is 3.23. The van der Waals surface area contributed by atoms with E-state index in [1.807, 2.05) is 26.0 Å². The Balaban J connectivity index is 2.26. The van der Waals surface area contributed by atoms with Gasteiger partial charge >= 0.3 is 0 Å². The molecule has 0 aliphatic rings. The summed E-state index contributed by atoms with van der Waals surface area (Å²) >= 11 is 0. The molecule has 104 valence electrons. The van der Waals surface area contributed by atoms with Crippen LogP contribution in [-0.4, -0.2) is 22.6 Å². The Labute approximate surface area is 116 Å². The molecule has 0 bridgehead atoms. The van der Waals surface area contributed by atoms with Crippen LogP contribution in [0.25, 0.3) is 0 Å². The van der Waals surface area contributed by atoms with Gasteiger partial charge in [0.1, 0.15) is 0 Å². The maximum absolute atomic E-state index is 12.3. The number of anilines is 2. The highest BCUT2D eigenvalue weighted by Crippen LogP contribution is 2.18. The van der Waals surface area contributed by atoms with Crippen molar-refractivity contribution in [2.75, 3.05) is 17.2 Å². The van der Waals surface area contributed by atoms with Crippen molar-refractivity contribution in [3.63, 3.8) is 0 Å². The van der Waals surface area contributed by atoms with Gasteiger partial charge < -0.3 is 10.6 Å². The Morgan fingerprint density at radius 2 is 2.10 bits per heavy atom. The molecule has 20 heavy (non-hydrogen) atoms. The lowest BCUT2D eigenvalue weighted by Crippen LogP contribution is -2.17. The monoisotopic (exact) mass is 272 g/mol. The Morgan fingerprint density at radius 1 is 1.30 bits per heavy atom. The second kappa shape index (κ2) is 6.01. The number of aromatic amines is 1. The molecule has 0 aliphatic carbocycles. The number of amides is 1. The lowest BCUT2D eigenvalue weighted by atomic mass is 10.1. The molecule has 1 heterocycles. The number of rotatable bonds is 4. The van der Waals surface area contributed by atoms with Crippen LogP contribution < -0.4 is 16.2 Å². The van der Waals surface area contributed by atoms with Gasteiger partial charge in [-0.2, -0.15) is 5.10 Å². The Morgan fingerprint density at radius 3 is 2.75 bits per heavy atom. The quantitative estimate of drug-likeness (QED) is 0.791. The van der Waals surface area contributed by atoms with Crippen LogP contribution in [0.5, 0.6) is 0 Å². The van der Waals surface area contributed by atoms with Crippen molar-refractivity contribution >= 4 is 17.4 Å². The minimum atomic E-state index is -0.313. The lowest BCUT2D eigenvalue weighted by Gasteiger charge is -2.11. The molecule has 6 heteroatoms. The molecule has 3 N–H and O–H groups in total. The van der Waals surface area contributed by atoms with Gasteiger partial charge in [0.15, 0.2) is 5.82 Å². The van der Waals surface area contributed by atoms with Crippen molar-refractivity contribution < 1.29 is 4.79 Å². The molecule has 0 unspecified atom stereocenters. The second-order valence-corrected chi connectivity index (χ2v) is 4.34. The van der Waals surface area contributed by atoms with Crippen molar-refractivity contribution in [2.45, 2.75) is 13.8 Å². The summed E-state index contributed by atoms with van der Waals surface area (Å²) in [6, 6.07) is 8.38. The number of benzene rings is 1. The summed E-state index contributed by atoms with van der Waals surface area (Å²) in [6.45, 7) is 4.61. The van der Waals surface area contributed by atoms with Gasteiger partial charge in [-0.3, -0.25) is 9.59 Å². The van der Waals surface area contributed by atoms with Crippen molar-refractivity contribution in [3.8, 4) is 0 Å². The van der Waals surface area contributed by atoms with Gasteiger partial charge in [0.05, 0.1) is 5.56 Å². The first kappa shape index (κ1) is 13.8. The van der Waals surface area contributed by atoms with Crippen LogP contribution in [0, 0.1) is 6.92 Å². The number of carbonyl (C=O) groups excluding carboxylic acids is 1. The maximum Gasteiger partial charge on any atom is 0.264 e. The molecule has 0 saturated heterocycles. The molecule has 0 fully saturated rings. The number of hydrogen-bond acceptors (Lipinski definition) is 4. The molecule has 2 rings (SSSR count). The van der Waals surface area contributed by atoms with E-state index >= 15 is 0 Å². The number of aromatic nitrogens is 2. The first-order valence-electron chi connectivity index (χ1n) is 6.31. The summed E-state index contributed by atoms with van der Waals surface area (Å²) in [4.78, 5) is 23.2. The minimum absolute atomic E-state index is 0.274. The van der Waals surface area contributed by atoms with Crippen LogP contribution in [-0.2, 0) is 0 Å². The van der Waals surface area contributed by atoms with Crippen LogP contribution in [0.4, 0.5) is 11.5 Å². The Kier molecular flexibility index (Phi) is 4.14. The molecule has 0 radical (unpaired) electrons. The van der Waals surface area contributed by atoms with Crippen molar-refractivity contribution in [1.29, 1.82) is 0 Å². The zero-order chi connectivity index (χ0) is 14.5. The summed E-state index contributed by atoms with van der Waals surface area (Å²) in [5.41, 5.74) is 1.98. The third-order valence-corrected chi connectivity index (χ3v) is 2.71. The normalized spacial score (nSPS) is 10.1. The maximum atomic E-state index is 12.3. The fourth-order valence-electron chi connectivity index (χ4n) is 1.79. The first-order chi connectivity index (χ1) is 9.60. The van der Waals surface area contributed by atoms with Crippen LogP contribution in [0.3, 0.4) is 0 Å². The van der Waals surface area contributed by atoms with E-state index in [2.05, 4.69) is 20.8 Å². The van der Waals surface area contributed by atoms with E-state index < -0.39 is 0 Å². The minimum Gasteiger partial charge on any atom is -0.385 e. The Hall–Kier alpha value is -2.63. The largest absolute Gasteiger partial charge is 0.385 e. The predicted molar refractivity (Wildman–Crippen MR) is 78.2 cm³/mol. The third-order valence-electron chi connectivity index (χ3n) is 2.71. The molecule has 6 nitrogen and oxygen atoms in total. The zero-order valence-corrected chi connectivity index (χ0v) is 11.4. The van der Waals surface area contributed by atoms with E-state index in [4.69, 9.17) is 0 Å². The van der Waals surface area contributed by atoms with E-state index in [-0.39, 0.29) is 11.5 Å². The van der Waals surface area contributed by atoms with Crippen LogP contribution in [0.1, 0.15) is 22.8 Å². The van der Waals surface area contributed by atoms with E-state index in [0.29, 0.717) is 11.4 Å². The van der Waals surface area contributed by atoms with Gasteiger partial charge in [-0.15, -0.1) is 0 Å². The first-order valence-corrected chi connectivity index (χ1v) is 6.31. The number of hydrogen-bond donors (Lipinski definition) is 3. The van der Waals surface area contributed by atoms with Gasteiger partial charge in [0, 0.05) is 18.3 Å². The molecule has 0 spiro atoms. The van der Waals surface area contributed by atoms with Gasteiger partial charge in [0.2, 0.25) is 0 Å². The molecule has 0 aliphatic heterocycles. The van der Waals surface area contributed by atoms with Gasteiger partial charge in [-0.25, -0.2) is 5.10 Å². The van der Waals surface area contributed by atoms with Crippen molar-refractivity contribution in [3.05, 3.63) is 51.8 Å². The van der Waals surface area contributed by atoms with Gasteiger partial charge in [0.25, 0.3) is 11.5 Å². The highest BCUT2D eigenvalue weighted by Gasteiger charge is 2.12. The summed E-state index contributed by atoms with van der Waals surface area (Å²) < 4.78 is 0. The summed E-state index contributed by atoms with van der Waals surface area (Å²) in [7, 11) is 0. The van der Waals surface area contributed by atoms with Gasteiger partial charge in [-0.1, -0.05) is 11.6 Å². The van der Waals surface area contributed by atoms with Crippen molar-refractivity contribution in [1.82, 2.24) is 10.2 Å². The molecule has 2 aromatic rings. The molecule has 1 amide bonds. The molecule has 0 saturated carbocycles. The van der Waals surface area contributed by atoms with Crippen LogP contribution in [0.2, 0.25) is 0 Å². The van der Waals surface area contributed by atoms with E-state index in [1.54, 1.807) is 6.07 Å². The van der Waals surface area contributed by atoms with E-state index in [9.17, 15) is 9.59 Å². The van der Waals surface area contributed by atoms with Gasteiger partial charge in [-0.05, 0) is 32.0 Å². The summed E-state index contributed by atoms with van der Waals surface area (Å²) in [6.07, 6.45) is 0. The standard InChI is InChI=1S/C14H16N4O2/c1-3-15-11-5-4-9(2)8-10(11)14(20)16-12-6-7-13(19)18-17-12/h4-8,15H,3H2,1-2H3,(H,18,19)(H,16,17,20). The number of carbonyl (C=O) groups is 1. The second-order valence-electron chi connectivity index (χ2n) is 4.34. The molecule has 1 aromatic carbocycles. The fourth-order valence-corrected chi connectivity index (χ4v) is 1.79. The highest BCUT2D eigenvalue weighted by atomic mass is 16.2. The van der Waals surface area contributed by atoms with Crippen LogP contribution >= 0.6 is 0 Å². The fraction of sp³-hybridized carbons (Fsp3) is 0.214. The average molecular weight is 272 g/mol. The predicted octanol–water partition coefficient (Wildman–Crippen LogP) is 1.76. The van der Waals surface area contributed by atoms with E-state index in [1.165, 1.54) is 12.1 Å². The number of H-pyrrole nitrogens is 1. The average Bonchev–Trinajstić information content (AvgIpc) is 2.43.